The number of nitrogens with one attached hydrogen (secondary N) is 2. The molecule has 4 nitrogen and oxygen atoms in total. The largest absolute Gasteiger partial charge is 0.456 e. The Bertz CT molecular complexity index is 1500. The molecule has 160 valence electrons. The third kappa shape index (κ3) is 3.70. The molecule has 1 aliphatic heterocycles. The van der Waals surface area contributed by atoms with Crippen LogP contribution in [0.1, 0.15) is 16.9 Å². The fourth-order valence-corrected chi connectivity index (χ4v) is 4.65. The third-order valence-electron chi connectivity index (χ3n) is 5.82. The van der Waals surface area contributed by atoms with E-state index in [0.29, 0.717) is 0 Å². The van der Waals surface area contributed by atoms with Crippen molar-refractivity contribution in [3.8, 4) is 11.3 Å². The number of pyridine rings is 1. The Labute approximate surface area is 200 Å². The lowest BCUT2D eigenvalue weighted by Crippen LogP contribution is -2.26. The van der Waals surface area contributed by atoms with E-state index in [4.69, 9.17) is 9.40 Å². The van der Waals surface area contributed by atoms with E-state index in [0.717, 1.165) is 61.8 Å². The van der Waals surface area contributed by atoms with Crippen LogP contribution in [0.3, 0.4) is 0 Å². The van der Waals surface area contributed by atoms with Crippen molar-refractivity contribution in [2.75, 3.05) is 5.32 Å². The number of aromatic nitrogens is 1. The van der Waals surface area contributed by atoms with E-state index >= 15 is 0 Å². The fourth-order valence-electron chi connectivity index (χ4n) is 4.21. The topological polar surface area (TPSA) is 50.1 Å². The minimum absolute atomic E-state index is 0.722. The second-order valence-corrected chi connectivity index (χ2v) is 8.78. The highest BCUT2D eigenvalue weighted by atomic mass is 79.9. The maximum atomic E-state index is 6.36. The molecule has 5 aromatic rings. The fraction of sp³-hybridized carbons (Fsp3) is 0.0357. The van der Waals surface area contributed by atoms with Crippen molar-refractivity contribution in [2.45, 2.75) is 6.54 Å². The standard InChI is InChI=1S/C28H20BrN3O/c29-22-16-19-10-5-7-13-23(19)31-27(22)32-28-26(21-12-6-4-11-20(21)17-30-28)25-15-14-24(33-25)18-8-2-1-3-9-18/h1-16,30H,17H2,(H,31,32). The number of furan rings is 1. The highest BCUT2D eigenvalue weighted by Crippen LogP contribution is 2.36. The van der Waals surface area contributed by atoms with E-state index in [1.807, 2.05) is 48.5 Å². The summed E-state index contributed by atoms with van der Waals surface area (Å²) in [5.74, 6) is 3.26. The predicted molar refractivity (Wildman–Crippen MR) is 137 cm³/mol. The van der Waals surface area contributed by atoms with Crippen LogP contribution in [-0.2, 0) is 6.54 Å². The van der Waals surface area contributed by atoms with Crippen molar-refractivity contribution in [1.29, 1.82) is 0 Å². The van der Waals surface area contributed by atoms with Crippen LogP contribution in [0.4, 0.5) is 5.82 Å². The van der Waals surface area contributed by atoms with Crippen molar-refractivity contribution in [2.24, 2.45) is 0 Å². The van der Waals surface area contributed by atoms with Crippen LogP contribution in [-0.4, -0.2) is 4.98 Å². The molecule has 0 fully saturated rings. The number of anilines is 1. The lowest BCUT2D eigenvalue weighted by atomic mass is 9.95. The molecule has 3 heterocycles. The average Bonchev–Trinajstić information content (AvgIpc) is 3.35. The highest BCUT2D eigenvalue weighted by molar-refractivity contribution is 9.10. The molecule has 33 heavy (non-hydrogen) atoms. The normalized spacial score (nSPS) is 13.0. The van der Waals surface area contributed by atoms with Gasteiger partial charge in [-0.25, -0.2) is 4.98 Å². The van der Waals surface area contributed by atoms with E-state index in [-0.39, 0.29) is 0 Å². The molecule has 2 aromatic heterocycles. The molecule has 2 N–H and O–H groups in total. The number of halogens is 1. The maximum absolute atomic E-state index is 6.36. The summed E-state index contributed by atoms with van der Waals surface area (Å²) in [6.45, 7) is 0.722. The van der Waals surface area contributed by atoms with Crippen LogP contribution in [0.25, 0.3) is 27.8 Å². The lowest BCUT2D eigenvalue weighted by molar-refractivity contribution is 0.565. The number of nitrogens with zero attached hydrogens (tertiary/aromatic N) is 1. The molecule has 0 atom stereocenters. The summed E-state index contributed by atoms with van der Waals surface area (Å²) in [5.41, 5.74) is 5.34. The molecule has 0 unspecified atom stereocenters. The Hall–Kier alpha value is -3.83. The van der Waals surface area contributed by atoms with Crippen LogP contribution in [0.2, 0.25) is 0 Å². The molecule has 0 saturated heterocycles. The number of hydrogen-bond donors (Lipinski definition) is 2. The Morgan fingerprint density at radius 1 is 0.818 bits per heavy atom. The first kappa shape index (κ1) is 19.8. The van der Waals surface area contributed by atoms with E-state index in [2.05, 4.69) is 75.1 Å². The molecule has 0 radical (unpaired) electrons. The molecule has 0 amide bonds. The van der Waals surface area contributed by atoms with Gasteiger partial charge in [0.2, 0.25) is 0 Å². The first-order valence-electron chi connectivity index (χ1n) is 10.8. The van der Waals surface area contributed by atoms with E-state index < -0.39 is 0 Å². The molecule has 3 aromatic carbocycles. The van der Waals surface area contributed by atoms with Gasteiger partial charge in [0.1, 0.15) is 23.2 Å². The molecule has 6 rings (SSSR count). The summed E-state index contributed by atoms with van der Waals surface area (Å²) < 4.78 is 7.27. The summed E-state index contributed by atoms with van der Waals surface area (Å²) in [7, 11) is 0. The highest BCUT2D eigenvalue weighted by Gasteiger charge is 2.24. The van der Waals surface area contributed by atoms with Crippen LogP contribution < -0.4 is 10.6 Å². The van der Waals surface area contributed by atoms with Gasteiger partial charge in [-0.1, -0.05) is 72.8 Å². The first-order valence-corrected chi connectivity index (χ1v) is 11.6. The summed E-state index contributed by atoms with van der Waals surface area (Å²) in [6, 6.07) is 32.8. The van der Waals surface area contributed by atoms with Crippen molar-refractivity contribution in [3.63, 3.8) is 0 Å². The predicted octanol–water partition coefficient (Wildman–Crippen LogP) is 7.19. The van der Waals surface area contributed by atoms with Crippen LogP contribution in [0.15, 0.2) is 112 Å². The van der Waals surface area contributed by atoms with Crippen LogP contribution in [0, 0.1) is 0 Å². The maximum Gasteiger partial charge on any atom is 0.146 e. The first-order chi connectivity index (χ1) is 16.3. The molecule has 5 heteroatoms. The van der Waals surface area contributed by atoms with Crippen molar-refractivity contribution < 1.29 is 4.42 Å². The minimum atomic E-state index is 0.722. The molecular weight excluding hydrogens is 474 g/mol. The number of rotatable bonds is 4. The zero-order valence-electron chi connectivity index (χ0n) is 17.7. The number of hydrogen-bond acceptors (Lipinski definition) is 4. The van der Waals surface area contributed by atoms with Gasteiger partial charge in [0.15, 0.2) is 0 Å². The van der Waals surface area contributed by atoms with E-state index in [9.17, 15) is 0 Å². The van der Waals surface area contributed by atoms with Crippen molar-refractivity contribution >= 4 is 38.2 Å². The second kappa shape index (κ2) is 8.26. The van der Waals surface area contributed by atoms with Crippen LogP contribution in [0.5, 0.6) is 0 Å². The van der Waals surface area contributed by atoms with Crippen molar-refractivity contribution in [3.05, 3.63) is 124 Å². The van der Waals surface area contributed by atoms with Crippen molar-refractivity contribution in [1.82, 2.24) is 10.3 Å². The zero-order chi connectivity index (χ0) is 22.2. The van der Waals surface area contributed by atoms with Gasteiger partial charge in [-0.15, -0.1) is 0 Å². The second-order valence-electron chi connectivity index (χ2n) is 7.93. The molecule has 0 bridgehead atoms. The Morgan fingerprint density at radius 3 is 2.48 bits per heavy atom. The molecule has 1 aliphatic rings. The molecule has 0 saturated carbocycles. The smallest absolute Gasteiger partial charge is 0.146 e. The monoisotopic (exact) mass is 493 g/mol. The van der Waals surface area contributed by atoms with Gasteiger partial charge in [0, 0.05) is 17.5 Å². The quantitative estimate of drug-likeness (QED) is 0.278. The van der Waals surface area contributed by atoms with Gasteiger partial charge >= 0.3 is 0 Å². The Morgan fingerprint density at radius 2 is 1.58 bits per heavy atom. The summed E-state index contributed by atoms with van der Waals surface area (Å²) in [6.07, 6.45) is 0. The van der Waals surface area contributed by atoms with Gasteiger partial charge in [0.25, 0.3) is 0 Å². The zero-order valence-corrected chi connectivity index (χ0v) is 19.3. The molecule has 0 spiro atoms. The summed E-state index contributed by atoms with van der Waals surface area (Å²) in [4.78, 5) is 4.84. The lowest BCUT2D eigenvalue weighted by Gasteiger charge is -2.25. The van der Waals surface area contributed by atoms with E-state index in [1.54, 1.807) is 0 Å². The SMILES string of the molecule is Brc1cc2ccccc2nc1NC1=C(c2ccc(-c3ccccc3)o2)c2ccccc2CN1. The minimum Gasteiger partial charge on any atom is -0.456 e. The number of benzene rings is 3. The van der Waals surface area contributed by atoms with Gasteiger partial charge in [-0.2, -0.15) is 0 Å². The van der Waals surface area contributed by atoms with Gasteiger partial charge < -0.3 is 15.1 Å². The van der Waals surface area contributed by atoms with E-state index in [1.165, 1.54) is 5.56 Å². The Kier molecular flexibility index (Phi) is 4.96. The van der Waals surface area contributed by atoms with Crippen LogP contribution >= 0.6 is 15.9 Å². The average molecular weight is 494 g/mol. The van der Waals surface area contributed by atoms with Gasteiger partial charge in [-0.3, -0.25) is 0 Å². The number of fused-ring (bicyclic) bond motifs is 2. The molecular formula is C28H20BrN3O. The van der Waals surface area contributed by atoms with Gasteiger partial charge in [-0.05, 0) is 51.3 Å². The summed E-state index contributed by atoms with van der Waals surface area (Å²) in [5, 5.41) is 8.16. The third-order valence-corrected chi connectivity index (χ3v) is 6.43. The number of para-hydroxylation sites is 1. The van der Waals surface area contributed by atoms with Gasteiger partial charge in [0.05, 0.1) is 15.6 Å². The molecule has 0 aliphatic carbocycles. The Balaban J connectivity index is 1.48. The summed E-state index contributed by atoms with van der Waals surface area (Å²) >= 11 is 3.69.